The number of carbonyl (C=O) groups excluding carboxylic acids is 4. The maximum atomic E-state index is 11.6. The molecule has 102 valence electrons. The van der Waals surface area contributed by atoms with E-state index in [4.69, 9.17) is 0 Å². The summed E-state index contributed by atoms with van der Waals surface area (Å²) in [4.78, 5) is 43.9. The van der Waals surface area contributed by atoms with Gasteiger partial charge in [0.05, 0.1) is 13.1 Å². The molecule has 3 amide bonds. The Labute approximate surface area is 106 Å². The van der Waals surface area contributed by atoms with Crippen LogP contribution in [-0.2, 0) is 19.2 Å². The summed E-state index contributed by atoms with van der Waals surface area (Å²) in [6, 6.07) is -0.730. The molecule has 1 atom stereocenters. The van der Waals surface area contributed by atoms with Crippen molar-refractivity contribution in [1.29, 1.82) is 0 Å². The minimum Gasteiger partial charge on any atom is -0.348 e. The first kappa shape index (κ1) is 16.1. The molecule has 18 heavy (non-hydrogen) atoms. The Morgan fingerprint density at radius 3 is 2.22 bits per heavy atom. The first-order valence-electron chi connectivity index (χ1n) is 5.63. The van der Waals surface area contributed by atoms with Crippen LogP contribution in [0.5, 0.6) is 0 Å². The molecule has 0 aliphatic rings. The van der Waals surface area contributed by atoms with Gasteiger partial charge in [0.25, 0.3) is 0 Å². The smallest absolute Gasteiger partial charge is 0.243 e. The fourth-order valence-electron chi connectivity index (χ4n) is 1.22. The van der Waals surface area contributed by atoms with E-state index in [2.05, 4.69) is 16.0 Å². The predicted octanol–water partition coefficient (Wildman–Crippen LogP) is -1.42. The molecule has 0 fully saturated rings. The summed E-state index contributed by atoms with van der Waals surface area (Å²) in [5.41, 5.74) is 0. The van der Waals surface area contributed by atoms with Gasteiger partial charge in [-0.1, -0.05) is 13.8 Å². The molecule has 0 aromatic heterocycles. The molecule has 0 aliphatic heterocycles. The van der Waals surface area contributed by atoms with Crippen LogP contribution in [-0.4, -0.2) is 43.1 Å². The van der Waals surface area contributed by atoms with Crippen LogP contribution < -0.4 is 16.0 Å². The number of aldehydes is 1. The number of hydrogen-bond acceptors (Lipinski definition) is 4. The van der Waals surface area contributed by atoms with Gasteiger partial charge < -0.3 is 20.7 Å². The first-order valence-corrected chi connectivity index (χ1v) is 5.63. The number of rotatable bonds is 7. The van der Waals surface area contributed by atoms with Gasteiger partial charge in [0.15, 0.2) is 0 Å². The van der Waals surface area contributed by atoms with Crippen LogP contribution in [0, 0.1) is 5.92 Å². The van der Waals surface area contributed by atoms with Crippen molar-refractivity contribution in [2.75, 3.05) is 13.1 Å². The van der Waals surface area contributed by atoms with Crippen LogP contribution >= 0.6 is 0 Å². The third-order valence-corrected chi connectivity index (χ3v) is 2.12. The van der Waals surface area contributed by atoms with Crippen LogP contribution in [0.4, 0.5) is 0 Å². The van der Waals surface area contributed by atoms with Gasteiger partial charge in [-0.05, 0) is 5.92 Å². The normalized spacial score (nSPS) is 11.6. The molecule has 0 spiro atoms. The summed E-state index contributed by atoms with van der Waals surface area (Å²) in [5.74, 6) is -1.33. The SMILES string of the molecule is CC(=O)NCC(=O)NC(C(=O)NCC=O)C(C)C. The highest BCUT2D eigenvalue weighted by Gasteiger charge is 2.23. The van der Waals surface area contributed by atoms with E-state index < -0.39 is 17.9 Å². The zero-order valence-electron chi connectivity index (χ0n) is 10.8. The minimum atomic E-state index is -0.730. The molecule has 7 nitrogen and oxygen atoms in total. The molecule has 7 heteroatoms. The zero-order valence-corrected chi connectivity index (χ0v) is 10.8. The van der Waals surface area contributed by atoms with Crippen molar-refractivity contribution >= 4 is 24.0 Å². The average Bonchev–Trinajstić information content (AvgIpc) is 2.29. The molecule has 0 aliphatic carbocycles. The second-order valence-electron chi connectivity index (χ2n) is 4.11. The number of amides is 3. The van der Waals surface area contributed by atoms with E-state index in [1.807, 2.05) is 0 Å². The quantitative estimate of drug-likeness (QED) is 0.487. The highest BCUT2D eigenvalue weighted by Crippen LogP contribution is 2.01. The van der Waals surface area contributed by atoms with Crippen molar-refractivity contribution in [3.8, 4) is 0 Å². The van der Waals surface area contributed by atoms with Crippen LogP contribution in [0.15, 0.2) is 0 Å². The van der Waals surface area contributed by atoms with E-state index in [-0.39, 0.29) is 24.9 Å². The lowest BCUT2D eigenvalue weighted by atomic mass is 10.0. The Morgan fingerprint density at radius 1 is 1.17 bits per heavy atom. The van der Waals surface area contributed by atoms with Crippen molar-refractivity contribution in [1.82, 2.24) is 16.0 Å². The van der Waals surface area contributed by atoms with Gasteiger partial charge in [0.1, 0.15) is 12.3 Å². The standard InChI is InChI=1S/C11H19N3O4/c1-7(2)10(11(18)12-4-5-15)14-9(17)6-13-8(3)16/h5,7,10H,4,6H2,1-3H3,(H,12,18)(H,13,16)(H,14,17). The van der Waals surface area contributed by atoms with Crippen molar-refractivity contribution < 1.29 is 19.2 Å². The van der Waals surface area contributed by atoms with Crippen molar-refractivity contribution in [3.63, 3.8) is 0 Å². The van der Waals surface area contributed by atoms with Crippen LogP contribution in [0.1, 0.15) is 20.8 Å². The van der Waals surface area contributed by atoms with Gasteiger partial charge in [0, 0.05) is 6.92 Å². The second-order valence-corrected chi connectivity index (χ2v) is 4.11. The first-order chi connectivity index (χ1) is 8.38. The van der Waals surface area contributed by atoms with Gasteiger partial charge in [-0.25, -0.2) is 0 Å². The van der Waals surface area contributed by atoms with E-state index in [0.717, 1.165) is 0 Å². The third kappa shape index (κ3) is 6.62. The van der Waals surface area contributed by atoms with Gasteiger partial charge in [0.2, 0.25) is 17.7 Å². The summed E-state index contributed by atoms with van der Waals surface area (Å²) >= 11 is 0. The highest BCUT2D eigenvalue weighted by molar-refractivity contribution is 5.90. The molecule has 0 bridgehead atoms. The van der Waals surface area contributed by atoms with Gasteiger partial charge in [-0.3, -0.25) is 14.4 Å². The fraction of sp³-hybridized carbons (Fsp3) is 0.636. The van der Waals surface area contributed by atoms with Crippen molar-refractivity contribution in [3.05, 3.63) is 0 Å². The molecule has 0 aromatic rings. The maximum Gasteiger partial charge on any atom is 0.243 e. The van der Waals surface area contributed by atoms with Crippen LogP contribution in [0.25, 0.3) is 0 Å². The summed E-state index contributed by atoms with van der Waals surface area (Å²) in [5, 5.41) is 7.21. The molecule has 0 aromatic carbocycles. The average molecular weight is 257 g/mol. The van der Waals surface area contributed by atoms with E-state index >= 15 is 0 Å². The molecular weight excluding hydrogens is 238 g/mol. The Morgan fingerprint density at radius 2 is 1.78 bits per heavy atom. The summed E-state index contributed by atoms with van der Waals surface area (Å²) in [7, 11) is 0. The Balaban J connectivity index is 4.34. The highest BCUT2D eigenvalue weighted by atomic mass is 16.2. The van der Waals surface area contributed by atoms with E-state index in [1.54, 1.807) is 13.8 Å². The van der Waals surface area contributed by atoms with E-state index in [9.17, 15) is 19.2 Å². The monoisotopic (exact) mass is 257 g/mol. The lowest BCUT2D eigenvalue weighted by Gasteiger charge is -2.21. The minimum absolute atomic E-state index is 0.0936. The molecule has 0 heterocycles. The lowest BCUT2D eigenvalue weighted by Crippen LogP contribution is -2.52. The summed E-state index contributed by atoms with van der Waals surface area (Å²) < 4.78 is 0. The second kappa shape index (κ2) is 8.21. The lowest BCUT2D eigenvalue weighted by molar-refractivity contribution is -0.130. The van der Waals surface area contributed by atoms with Crippen LogP contribution in [0.2, 0.25) is 0 Å². The van der Waals surface area contributed by atoms with Gasteiger partial charge >= 0.3 is 0 Å². The van der Waals surface area contributed by atoms with Crippen molar-refractivity contribution in [2.45, 2.75) is 26.8 Å². The number of nitrogens with one attached hydrogen (secondary N) is 3. The third-order valence-electron chi connectivity index (χ3n) is 2.12. The molecule has 0 saturated heterocycles. The largest absolute Gasteiger partial charge is 0.348 e. The number of carbonyl (C=O) groups is 4. The predicted molar refractivity (Wildman–Crippen MR) is 64.5 cm³/mol. The molecule has 0 radical (unpaired) electrons. The summed E-state index contributed by atoms with van der Waals surface area (Å²) in [6.45, 7) is 4.56. The van der Waals surface area contributed by atoms with E-state index in [1.165, 1.54) is 6.92 Å². The van der Waals surface area contributed by atoms with Gasteiger partial charge in [-0.15, -0.1) is 0 Å². The number of hydrogen-bond donors (Lipinski definition) is 3. The fourth-order valence-corrected chi connectivity index (χ4v) is 1.22. The Bertz CT molecular complexity index is 328. The topological polar surface area (TPSA) is 104 Å². The Hall–Kier alpha value is -1.92. The molecule has 0 saturated carbocycles. The van der Waals surface area contributed by atoms with Gasteiger partial charge in [-0.2, -0.15) is 0 Å². The van der Waals surface area contributed by atoms with Crippen LogP contribution in [0.3, 0.4) is 0 Å². The van der Waals surface area contributed by atoms with Crippen molar-refractivity contribution in [2.24, 2.45) is 5.92 Å². The Kier molecular flexibility index (Phi) is 7.34. The zero-order chi connectivity index (χ0) is 14.1. The maximum absolute atomic E-state index is 11.6. The molecule has 3 N–H and O–H groups in total. The summed E-state index contributed by atoms with van der Waals surface area (Å²) in [6.07, 6.45) is 0.564. The molecule has 1 unspecified atom stereocenters. The molecule has 0 rings (SSSR count). The van der Waals surface area contributed by atoms with E-state index in [0.29, 0.717) is 6.29 Å². The molecular formula is C11H19N3O4.